The highest BCUT2D eigenvalue weighted by atomic mass is 16.5. The number of amides is 1. The fraction of sp³-hybridized carbons (Fsp3) is 0.533. The molecule has 2 rings (SSSR count). The number of piperidine rings is 1. The molecule has 1 saturated heterocycles. The summed E-state index contributed by atoms with van der Waals surface area (Å²) in [6.07, 6.45) is 0.707. The highest BCUT2D eigenvalue weighted by Gasteiger charge is 2.26. The van der Waals surface area contributed by atoms with Crippen molar-refractivity contribution >= 4 is 5.91 Å². The van der Waals surface area contributed by atoms with E-state index in [-0.39, 0.29) is 5.91 Å². The van der Waals surface area contributed by atoms with Crippen LogP contribution in [0.15, 0.2) is 24.3 Å². The molecule has 0 aromatic heterocycles. The van der Waals surface area contributed by atoms with Crippen LogP contribution in [0.25, 0.3) is 0 Å². The number of carbonyl (C=O) groups excluding carboxylic acids is 1. The van der Waals surface area contributed by atoms with E-state index < -0.39 is 12.2 Å². The number of β-amino-alcohol motifs (C(OH)–C–C–N with tert-alkyl or cyclic N) is 1. The Morgan fingerprint density at radius 2 is 2.11 bits per heavy atom. The third-order valence-corrected chi connectivity index (χ3v) is 3.39. The van der Waals surface area contributed by atoms with E-state index in [1.165, 1.54) is 0 Å². The number of ether oxygens (including phenoxy) is 1. The molecule has 1 N–H and O–H groups in total. The lowest BCUT2D eigenvalue weighted by Gasteiger charge is -2.32. The quantitative estimate of drug-likeness (QED) is 0.903. The van der Waals surface area contributed by atoms with Crippen LogP contribution in [0, 0.1) is 6.92 Å². The van der Waals surface area contributed by atoms with Crippen LogP contribution in [0.2, 0.25) is 0 Å². The van der Waals surface area contributed by atoms with Gasteiger partial charge in [0.1, 0.15) is 5.75 Å². The average molecular weight is 263 g/mol. The van der Waals surface area contributed by atoms with Crippen LogP contribution in [0.3, 0.4) is 0 Å². The maximum atomic E-state index is 12.2. The smallest absolute Gasteiger partial charge is 0.263 e. The Bertz CT molecular complexity index is 430. The largest absolute Gasteiger partial charge is 0.481 e. The van der Waals surface area contributed by atoms with Gasteiger partial charge in [-0.3, -0.25) is 4.79 Å². The van der Waals surface area contributed by atoms with Crippen LogP contribution >= 0.6 is 0 Å². The Morgan fingerprint density at radius 3 is 2.74 bits per heavy atom. The first kappa shape index (κ1) is 13.9. The number of aryl methyl sites for hydroxylation is 1. The maximum absolute atomic E-state index is 12.2. The molecular formula is C15H21NO3. The number of aliphatic hydroxyl groups is 1. The summed E-state index contributed by atoms with van der Waals surface area (Å²) in [7, 11) is 0. The monoisotopic (exact) mass is 263 g/mol. The Kier molecular flexibility index (Phi) is 4.43. The molecule has 0 bridgehead atoms. The molecule has 19 heavy (non-hydrogen) atoms. The lowest BCUT2D eigenvalue weighted by molar-refractivity contribution is -0.141. The van der Waals surface area contributed by atoms with Gasteiger partial charge in [-0.1, -0.05) is 17.7 Å². The van der Waals surface area contributed by atoms with E-state index >= 15 is 0 Å². The van der Waals surface area contributed by atoms with Gasteiger partial charge in [0.05, 0.1) is 6.10 Å². The molecule has 1 aliphatic rings. The SMILES string of the molecule is Cc1ccc(OC(C)C(=O)N2CCC[C@H](O)C2)cc1. The molecule has 1 fully saturated rings. The first-order valence-corrected chi connectivity index (χ1v) is 6.76. The molecule has 1 unspecified atom stereocenters. The lowest BCUT2D eigenvalue weighted by atomic mass is 10.1. The highest BCUT2D eigenvalue weighted by Crippen LogP contribution is 2.16. The molecule has 104 valence electrons. The van der Waals surface area contributed by atoms with Crippen molar-refractivity contribution < 1.29 is 14.6 Å². The van der Waals surface area contributed by atoms with Crippen molar-refractivity contribution in [3.05, 3.63) is 29.8 Å². The Morgan fingerprint density at radius 1 is 1.42 bits per heavy atom. The van der Waals surface area contributed by atoms with Crippen molar-refractivity contribution in [2.24, 2.45) is 0 Å². The molecule has 4 heteroatoms. The van der Waals surface area contributed by atoms with Crippen molar-refractivity contribution in [2.45, 2.75) is 38.9 Å². The number of aliphatic hydroxyl groups excluding tert-OH is 1. The van der Waals surface area contributed by atoms with Crippen molar-refractivity contribution in [2.75, 3.05) is 13.1 Å². The first-order valence-electron chi connectivity index (χ1n) is 6.76. The molecule has 0 spiro atoms. The summed E-state index contributed by atoms with van der Waals surface area (Å²) in [5.74, 6) is 0.642. The van der Waals surface area contributed by atoms with Gasteiger partial charge in [0.15, 0.2) is 6.10 Å². The standard InChI is InChI=1S/C15H21NO3/c1-11-5-7-14(8-6-11)19-12(2)15(18)16-9-3-4-13(17)10-16/h5-8,12-13,17H,3-4,9-10H2,1-2H3/t12?,13-/m0/s1. The molecule has 4 nitrogen and oxygen atoms in total. The average Bonchev–Trinajstić information content (AvgIpc) is 2.40. The van der Waals surface area contributed by atoms with Crippen LogP contribution in [0.4, 0.5) is 0 Å². The van der Waals surface area contributed by atoms with Gasteiger partial charge < -0.3 is 14.7 Å². The van der Waals surface area contributed by atoms with Crippen molar-refractivity contribution in [1.82, 2.24) is 4.90 Å². The minimum Gasteiger partial charge on any atom is -0.481 e. The molecular weight excluding hydrogens is 242 g/mol. The predicted molar refractivity (Wildman–Crippen MR) is 73.1 cm³/mol. The second-order valence-corrected chi connectivity index (χ2v) is 5.15. The molecule has 0 aliphatic carbocycles. The van der Waals surface area contributed by atoms with E-state index in [1.54, 1.807) is 11.8 Å². The van der Waals surface area contributed by atoms with E-state index in [0.717, 1.165) is 18.4 Å². The van der Waals surface area contributed by atoms with Gasteiger partial charge >= 0.3 is 0 Å². The summed E-state index contributed by atoms with van der Waals surface area (Å²) < 4.78 is 5.65. The molecule has 0 radical (unpaired) electrons. The van der Waals surface area contributed by atoms with E-state index in [0.29, 0.717) is 18.8 Å². The zero-order valence-corrected chi connectivity index (χ0v) is 11.5. The van der Waals surface area contributed by atoms with Gasteiger partial charge in [0.25, 0.3) is 5.91 Å². The molecule has 1 amide bonds. The number of rotatable bonds is 3. The molecule has 1 aromatic rings. The molecule has 2 atom stereocenters. The summed E-state index contributed by atoms with van der Waals surface area (Å²) in [6.45, 7) is 4.88. The minimum absolute atomic E-state index is 0.0562. The first-order chi connectivity index (χ1) is 9.06. The lowest BCUT2D eigenvalue weighted by Crippen LogP contribution is -2.47. The second kappa shape index (κ2) is 6.06. The second-order valence-electron chi connectivity index (χ2n) is 5.15. The molecule has 1 heterocycles. The summed E-state index contributed by atoms with van der Waals surface area (Å²) >= 11 is 0. The maximum Gasteiger partial charge on any atom is 0.263 e. The molecule has 1 aromatic carbocycles. The van der Waals surface area contributed by atoms with Gasteiger partial charge in [-0.25, -0.2) is 0 Å². The van der Waals surface area contributed by atoms with E-state index in [2.05, 4.69) is 0 Å². The van der Waals surface area contributed by atoms with Gasteiger partial charge in [-0.15, -0.1) is 0 Å². The van der Waals surface area contributed by atoms with Crippen LogP contribution < -0.4 is 4.74 Å². The Balaban J connectivity index is 1.93. The molecule has 0 saturated carbocycles. The van der Waals surface area contributed by atoms with Crippen molar-refractivity contribution in [1.29, 1.82) is 0 Å². The number of likely N-dealkylation sites (tertiary alicyclic amines) is 1. The van der Waals surface area contributed by atoms with Crippen LogP contribution in [0.5, 0.6) is 5.75 Å². The number of hydrogen-bond donors (Lipinski definition) is 1. The summed E-state index contributed by atoms with van der Waals surface area (Å²) in [5, 5.41) is 9.60. The van der Waals surface area contributed by atoms with E-state index in [4.69, 9.17) is 4.74 Å². The molecule has 1 aliphatic heterocycles. The minimum atomic E-state index is -0.520. The summed E-state index contributed by atoms with van der Waals surface area (Å²) in [5.41, 5.74) is 1.16. The van der Waals surface area contributed by atoms with E-state index in [9.17, 15) is 9.90 Å². The number of carbonyl (C=O) groups is 1. The topological polar surface area (TPSA) is 49.8 Å². The van der Waals surface area contributed by atoms with Gasteiger partial charge in [-0.2, -0.15) is 0 Å². The Hall–Kier alpha value is -1.55. The van der Waals surface area contributed by atoms with Crippen LogP contribution in [-0.2, 0) is 4.79 Å². The number of benzene rings is 1. The third kappa shape index (κ3) is 3.70. The van der Waals surface area contributed by atoms with Crippen LogP contribution in [-0.4, -0.2) is 41.2 Å². The fourth-order valence-electron chi connectivity index (χ4n) is 2.28. The number of nitrogens with zero attached hydrogens (tertiary/aromatic N) is 1. The summed E-state index contributed by atoms with van der Waals surface area (Å²) in [4.78, 5) is 13.9. The normalized spacial score (nSPS) is 21.0. The summed E-state index contributed by atoms with van der Waals surface area (Å²) in [6, 6.07) is 7.64. The zero-order chi connectivity index (χ0) is 13.8. The zero-order valence-electron chi connectivity index (χ0n) is 11.5. The Labute approximate surface area is 114 Å². The third-order valence-electron chi connectivity index (χ3n) is 3.39. The number of hydrogen-bond acceptors (Lipinski definition) is 3. The predicted octanol–water partition coefficient (Wildman–Crippen LogP) is 1.75. The van der Waals surface area contributed by atoms with Crippen molar-refractivity contribution in [3.63, 3.8) is 0 Å². The van der Waals surface area contributed by atoms with Gasteiger partial charge in [0, 0.05) is 13.1 Å². The highest BCUT2D eigenvalue weighted by molar-refractivity contribution is 5.81. The van der Waals surface area contributed by atoms with Gasteiger partial charge in [-0.05, 0) is 38.8 Å². The van der Waals surface area contributed by atoms with Gasteiger partial charge in [0.2, 0.25) is 0 Å². The fourth-order valence-corrected chi connectivity index (χ4v) is 2.28. The van der Waals surface area contributed by atoms with E-state index in [1.807, 2.05) is 31.2 Å². The van der Waals surface area contributed by atoms with Crippen molar-refractivity contribution in [3.8, 4) is 5.75 Å². The van der Waals surface area contributed by atoms with Crippen LogP contribution in [0.1, 0.15) is 25.3 Å².